The van der Waals surface area contributed by atoms with Crippen molar-refractivity contribution in [1.29, 1.82) is 0 Å². The third-order valence-corrected chi connectivity index (χ3v) is 3.90. The van der Waals surface area contributed by atoms with E-state index >= 15 is 0 Å². The minimum atomic E-state index is 0.326. The second kappa shape index (κ2) is 6.76. The number of fused-ring (bicyclic) bond motifs is 1. The topological polar surface area (TPSA) is 60.2 Å². The Labute approximate surface area is 126 Å². The third-order valence-electron chi connectivity index (χ3n) is 3.90. The van der Waals surface area contributed by atoms with Crippen LogP contribution in [0, 0.1) is 12.8 Å². The highest BCUT2D eigenvalue weighted by Crippen LogP contribution is 2.31. The molecule has 0 aliphatic rings. The average Bonchev–Trinajstić information content (AvgIpc) is 2.47. The Bertz CT molecular complexity index is 610. The van der Waals surface area contributed by atoms with Crippen LogP contribution in [-0.2, 0) is 0 Å². The number of aryl methyl sites for hydroxylation is 1. The van der Waals surface area contributed by atoms with Crippen molar-refractivity contribution >= 4 is 16.6 Å². The molecule has 1 aromatic heterocycles. The summed E-state index contributed by atoms with van der Waals surface area (Å²) in [6.45, 7) is 7.17. The van der Waals surface area contributed by atoms with Gasteiger partial charge in [0.2, 0.25) is 0 Å². The Morgan fingerprint density at radius 1 is 1.33 bits per heavy atom. The first-order chi connectivity index (χ1) is 10.1. The van der Waals surface area contributed by atoms with E-state index in [4.69, 9.17) is 10.5 Å². The summed E-state index contributed by atoms with van der Waals surface area (Å²) in [6, 6.07) is 6.40. The highest BCUT2D eigenvalue weighted by Gasteiger charge is 2.15. The molecule has 3 N–H and O–H groups in total. The van der Waals surface area contributed by atoms with Crippen LogP contribution in [0.1, 0.15) is 25.8 Å². The fraction of sp³-hybridized carbons (Fsp3) is 0.471. The second-order valence-corrected chi connectivity index (χ2v) is 5.77. The van der Waals surface area contributed by atoms with Gasteiger partial charge in [0.25, 0.3) is 0 Å². The number of anilines is 1. The normalized spacial score (nSPS) is 12.7. The Balaban J connectivity index is 2.48. The van der Waals surface area contributed by atoms with Gasteiger partial charge >= 0.3 is 0 Å². The lowest BCUT2D eigenvalue weighted by atomic mass is 10.00. The van der Waals surface area contributed by atoms with Crippen molar-refractivity contribution < 1.29 is 4.74 Å². The molecule has 1 unspecified atom stereocenters. The van der Waals surface area contributed by atoms with E-state index < -0.39 is 0 Å². The first kappa shape index (κ1) is 15.6. The van der Waals surface area contributed by atoms with E-state index in [2.05, 4.69) is 31.1 Å². The summed E-state index contributed by atoms with van der Waals surface area (Å²) in [6.07, 6.45) is 2.78. The zero-order valence-electron chi connectivity index (χ0n) is 13.3. The van der Waals surface area contributed by atoms with E-state index in [0.29, 0.717) is 18.5 Å². The molecule has 0 saturated carbocycles. The van der Waals surface area contributed by atoms with Gasteiger partial charge in [0.1, 0.15) is 5.75 Å². The van der Waals surface area contributed by atoms with Gasteiger partial charge in [-0.2, -0.15) is 0 Å². The van der Waals surface area contributed by atoms with Crippen LogP contribution in [-0.4, -0.2) is 24.7 Å². The minimum absolute atomic E-state index is 0.326. The largest absolute Gasteiger partial charge is 0.497 e. The van der Waals surface area contributed by atoms with Crippen molar-refractivity contribution in [3.05, 3.63) is 30.0 Å². The molecule has 4 heteroatoms. The summed E-state index contributed by atoms with van der Waals surface area (Å²) in [5, 5.41) is 4.72. The molecule has 0 aliphatic heterocycles. The molecule has 0 aliphatic carbocycles. The maximum atomic E-state index is 5.73. The van der Waals surface area contributed by atoms with Gasteiger partial charge in [-0.05, 0) is 43.5 Å². The number of hydrogen-bond donors (Lipinski definition) is 2. The SMILES string of the molecule is COc1cc(NC(CCN)C(C)C)c2nccc(C)c2c1. The number of nitrogens with zero attached hydrogens (tertiary/aromatic N) is 1. The molecule has 1 aromatic carbocycles. The van der Waals surface area contributed by atoms with Crippen LogP contribution in [0.5, 0.6) is 5.75 Å². The first-order valence-electron chi connectivity index (χ1n) is 7.46. The Hall–Kier alpha value is -1.81. The molecular weight excluding hydrogens is 262 g/mol. The highest BCUT2D eigenvalue weighted by atomic mass is 16.5. The number of benzene rings is 1. The fourth-order valence-electron chi connectivity index (χ4n) is 2.54. The van der Waals surface area contributed by atoms with E-state index in [1.54, 1.807) is 7.11 Å². The molecule has 0 spiro atoms. The summed E-state index contributed by atoms with van der Waals surface area (Å²) < 4.78 is 5.43. The molecule has 1 heterocycles. The number of ether oxygens (including phenoxy) is 1. The van der Waals surface area contributed by atoms with Crippen molar-refractivity contribution in [2.24, 2.45) is 11.7 Å². The number of nitrogens with two attached hydrogens (primary N) is 1. The summed E-state index contributed by atoms with van der Waals surface area (Å²) in [5.74, 6) is 1.34. The van der Waals surface area contributed by atoms with E-state index in [9.17, 15) is 0 Å². The second-order valence-electron chi connectivity index (χ2n) is 5.77. The summed E-state index contributed by atoms with van der Waals surface area (Å²) in [4.78, 5) is 4.54. The lowest BCUT2D eigenvalue weighted by Gasteiger charge is -2.24. The molecule has 1 atom stereocenters. The lowest BCUT2D eigenvalue weighted by molar-refractivity contribution is 0.415. The maximum absolute atomic E-state index is 5.73. The van der Waals surface area contributed by atoms with Crippen molar-refractivity contribution in [2.45, 2.75) is 33.2 Å². The Morgan fingerprint density at radius 3 is 2.71 bits per heavy atom. The van der Waals surface area contributed by atoms with Gasteiger partial charge in [0.05, 0.1) is 18.3 Å². The number of rotatable bonds is 6. The molecule has 114 valence electrons. The molecule has 0 bridgehead atoms. The van der Waals surface area contributed by atoms with Crippen LogP contribution in [0.15, 0.2) is 24.4 Å². The summed E-state index contributed by atoms with van der Waals surface area (Å²) in [7, 11) is 1.69. The molecule has 2 aromatic rings. The van der Waals surface area contributed by atoms with Crippen LogP contribution in [0.4, 0.5) is 5.69 Å². The van der Waals surface area contributed by atoms with E-state index in [0.717, 1.165) is 28.8 Å². The van der Waals surface area contributed by atoms with Crippen LogP contribution < -0.4 is 15.8 Å². The number of nitrogens with one attached hydrogen (secondary N) is 1. The van der Waals surface area contributed by atoms with Gasteiger partial charge in [-0.3, -0.25) is 4.98 Å². The molecule has 4 nitrogen and oxygen atoms in total. The zero-order valence-corrected chi connectivity index (χ0v) is 13.3. The third kappa shape index (κ3) is 3.45. The van der Waals surface area contributed by atoms with Gasteiger partial charge in [-0.15, -0.1) is 0 Å². The number of hydrogen-bond acceptors (Lipinski definition) is 4. The number of aromatic nitrogens is 1. The molecule has 0 saturated heterocycles. The van der Waals surface area contributed by atoms with Gasteiger partial charge in [0, 0.05) is 23.7 Å². The van der Waals surface area contributed by atoms with E-state index in [1.807, 2.05) is 24.4 Å². The van der Waals surface area contributed by atoms with Crippen LogP contribution in [0.3, 0.4) is 0 Å². The highest BCUT2D eigenvalue weighted by molar-refractivity contribution is 5.94. The standard InChI is InChI=1S/C17H25N3O/c1-11(2)15(5-7-18)20-16-10-13(21-4)9-14-12(3)6-8-19-17(14)16/h6,8-11,15,20H,5,7,18H2,1-4H3. The monoisotopic (exact) mass is 287 g/mol. The minimum Gasteiger partial charge on any atom is -0.497 e. The predicted octanol–water partition coefficient (Wildman–Crippen LogP) is 3.34. The lowest BCUT2D eigenvalue weighted by Crippen LogP contribution is -2.28. The quantitative estimate of drug-likeness (QED) is 0.855. The van der Waals surface area contributed by atoms with Crippen molar-refractivity contribution in [2.75, 3.05) is 19.0 Å². The van der Waals surface area contributed by atoms with E-state index in [-0.39, 0.29) is 0 Å². The van der Waals surface area contributed by atoms with E-state index in [1.165, 1.54) is 5.56 Å². The van der Waals surface area contributed by atoms with Crippen molar-refractivity contribution in [3.63, 3.8) is 0 Å². The van der Waals surface area contributed by atoms with Gasteiger partial charge in [0.15, 0.2) is 0 Å². The van der Waals surface area contributed by atoms with Gasteiger partial charge in [-0.25, -0.2) is 0 Å². The van der Waals surface area contributed by atoms with Gasteiger partial charge in [-0.1, -0.05) is 13.8 Å². The molecular formula is C17H25N3O. The average molecular weight is 287 g/mol. The predicted molar refractivity (Wildman–Crippen MR) is 89.0 cm³/mol. The first-order valence-corrected chi connectivity index (χ1v) is 7.46. The van der Waals surface area contributed by atoms with Gasteiger partial charge < -0.3 is 15.8 Å². The van der Waals surface area contributed by atoms with Crippen LogP contribution >= 0.6 is 0 Å². The molecule has 0 fully saturated rings. The smallest absolute Gasteiger partial charge is 0.121 e. The Morgan fingerprint density at radius 2 is 2.10 bits per heavy atom. The fourth-order valence-corrected chi connectivity index (χ4v) is 2.54. The molecule has 0 amide bonds. The zero-order chi connectivity index (χ0) is 15.4. The van der Waals surface area contributed by atoms with Crippen molar-refractivity contribution in [3.8, 4) is 5.75 Å². The molecule has 0 radical (unpaired) electrons. The summed E-state index contributed by atoms with van der Waals surface area (Å²) in [5.41, 5.74) is 8.93. The molecule has 2 rings (SSSR count). The van der Waals surface area contributed by atoms with Crippen molar-refractivity contribution in [1.82, 2.24) is 4.98 Å². The molecule has 21 heavy (non-hydrogen) atoms. The maximum Gasteiger partial charge on any atom is 0.121 e. The number of pyridine rings is 1. The van der Waals surface area contributed by atoms with Crippen LogP contribution in [0.2, 0.25) is 0 Å². The number of methoxy groups -OCH3 is 1. The summed E-state index contributed by atoms with van der Waals surface area (Å²) >= 11 is 0. The van der Waals surface area contributed by atoms with Crippen LogP contribution in [0.25, 0.3) is 10.9 Å². The Kier molecular flexibility index (Phi) is 5.02.